The van der Waals surface area contributed by atoms with Crippen LogP contribution in [0.2, 0.25) is 0 Å². The van der Waals surface area contributed by atoms with E-state index in [1.807, 2.05) is 65.7 Å². The number of benzene rings is 4. The van der Waals surface area contributed by atoms with E-state index in [0.717, 1.165) is 149 Å². The Labute approximate surface area is 748 Å². The highest BCUT2D eigenvalue weighted by Gasteiger charge is 2.37. The number of hydrogen-bond acceptors (Lipinski definition) is 21. The molecule has 4 aromatic carbocycles. The summed E-state index contributed by atoms with van der Waals surface area (Å²) in [5.41, 5.74) is 15.0. The number of nitrogens with two attached hydrogens (primary N) is 1. The smallest absolute Gasteiger partial charge is 0.341 e. The summed E-state index contributed by atoms with van der Waals surface area (Å²) in [6, 6.07) is 23.2. The van der Waals surface area contributed by atoms with Crippen molar-refractivity contribution in [3.05, 3.63) is 179 Å². The summed E-state index contributed by atoms with van der Waals surface area (Å²) in [7, 11) is -3.73. The van der Waals surface area contributed by atoms with Crippen molar-refractivity contribution in [2.24, 2.45) is 22.0 Å². The fraction of sp³-hybridized carbons (Fsp3) is 0.479. The molecule has 128 heavy (non-hydrogen) atoms. The highest BCUT2D eigenvalue weighted by Crippen LogP contribution is 2.51. The number of carbonyl (C=O) groups is 5. The number of carboxylic acids is 1. The topological polar surface area (TPSA) is 364 Å². The zero-order valence-electron chi connectivity index (χ0n) is 74.6. The average molecular weight is 1790 g/mol. The first-order valence-corrected chi connectivity index (χ1v) is 48.5. The number of esters is 2. The van der Waals surface area contributed by atoms with Crippen LogP contribution >= 0.6 is 0 Å². The van der Waals surface area contributed by atoms with Gasteiger partial charge in [0.05, 0.1) is 111 Å². The molecule has 6 aromatic heterocycles. The maximum atomic E-state index is 13.6. The summed E-state index contributed by atoms with van der Waals surface area (Å²) in [5, 5.41) is 26.4. The highest BCUT2D eigenvalue weighted by molar-refractivity contribution is 7.90. The van der Waals surface area contributed by atoms with Gasteiger partial charge in [-0.3, -0.25) is 28.3 Å². The minimum absolute atomic E-state index is 0.0302. The molecule has 2 aliphatic carbocycles. The zero-order valence-corrected chi connectivity index (χ0v) is 76.3. The van der Waals surface area contributed by atoms with E-state index >= 15 is 0 Å². The molecular weight excluding hydrogens is 1670 g/mol. The van der Waals surface area contributed by atoms with Crippen LogP contribution in [-0.4, -0.2) is 195 Å². The number of primary sulfonamides is 1. The van der Waals surface area contributed by atoms with Crippen molar-refractivity contribution in [2.75, 3.05) is 85.0 Å². The van der Waals surface area contributed by atoms with Crippen molar-refractivity contribution in [2.45, 2.75) is 201 Å². The molecule has 0 radical (unpaired) electrons. The van der Waals surface area contributed by atoms with Crippen LogP contribution in [0.15, 0.2) is 128 Å². The van der Waals surface area contributed by atoms with Gasteiger partial charge in [-0.2, -0.15) is 10.2 Å². The number of nitrogens with one attached hydrogen (secondary N) is 1. The van der Waals surface area contributed by atoms with Crippen LogP contribution in [0.1, 0.15) is 263 Å². The van der Waals surface area contributed by atoms with Crippen molar-refractivity contribution in [3.8, 4) is 34.0 Å². The van der Waals surface area contributed by atoms with Crippen LogP contribution in [0, 0.1) is 11.8 Å². The lowest BCUT2D eigenvalue weighted by Crippen LogP contribution is -2.34. The molecule has 682 valence electrons. The first-order chi connectivity index (χ1) is 61.8. The molecule has 18 rings (SSSR count). The Morgan fingerprint density at radius 1 is 0.555 bits per heavy atom. The molecule has 32 heteroatoms. The molecule has 4 N–H and O–H groups in total. The van der Waals surface area contributed by atoms with E-state index < -0.39 is 43.9 Å². The Hall–Kier alpha value is -11.3. The Bertz CT molecular complexity index is 5910. The van der Waals surface area contributed by atoms with Gasteiger partial charge in [-0.05, 0) is 214 Å². The molecule has 1 amide bonds. The monoisotopic (exact) mass is 1790 g/mol. The first-order valence-electron chi connectivity index (χ1n) is 45.2. The molecule has 0 bridgehead atoms. The van der Waals surface area contributed by atoms with Gasteiger partial charge in [-0.15, -0.1) is 0 Å². The number of methoxy groups -OCH3 is 2. The van der Waals surface area contributed by atoms with Gasteiger partial charge in [0.1, 0.15) is 35.3 Å². The second-order valence-electron chi connectivity index (χ2n) is 34.7. The van der Waals surface area contributed by atoms with E-state index in [1.54, 1.807) is 91.2 Å². The fourth-order valence-corrected chi connectivity index (χ4v) is 21.4. The summed E-state index contributed by atoms with van der Waals surface area (Å²) in [6.07, 6.45) is 37.8. The summed E-state index contributed by atoms with van der Waals surface area (Å²) in [4.78, 5) is 78.7. The number of aliphatic imine (C=N–C) groups is 1. The Kier molecular flexibility index (Phi) is 30.7. The van der Waals surface area contributed by atoms with Gasteiger partial charge in [0.2, 0.25) is 20.0 Å². The predicted octanol–water partition coefficient (Wildman–Crippen LogP) is 16.9. The Balaban J connectivity index is 0.000000155. The van der Waals surface area contributed by atoms with E-state index in [-0.39, 0.29) is 65.8 Å². The van der Waals surface area contributed by atoms with Crippen molar-refractivity contribution in [3.63, 3.8) is 0 Å². The van der Waals surface area contributed by atoms with Gasteiger partial charge < -0.3 is 47.6 Å². The number of nitrogens with zero attached hydrogens (tertiary/aromatic N) is 12. The van der Waals surface area contributed by atoms with Crippen LogP contribution in [0.4, 0.5) is 4.79 Å². The normalized spacial score (nSPS) is 16.9. The predicted molar refractivity (Wildman–Crippen MR) is 493 cm³/mol. The van der Waals surface area contributed by atoms with Gasteiger partial charge in [0.15, 0.2) is 0 Å². The molecule has 5 fully saturated rings. The van der Waals surface area contributed by atoms with E-state index in [4.69, 9.17) is 43.8 Å². The average Bonchev–Trinajstić information content (AvgIpc) is 1.57. The quantitative estimate of drug-likeness (QED) is 0.0633. The summed E-state index contributed by atoms with van der Waals surface area (Å²) < 4.78 is 93.5. The number of imidazole rings is 2. The van der Waals surface area contributed by atoms with E-state index in [0.29, 0.717) is 73.9 Å². The van der Waals surface area contributed by atoms with Gasteiger partial charge >= 0.3 is 23.9 Å². The van der Waals surface area contributed by atoms with Crippen LogP contribution < -0.4 is 19.3 Å². The number of carboxylic acid groups (broad SMARTS) is 1. The minimum atomic E-state index is -3.82. The van der Waals surface area contributed by atoms with E-state index in [9.17, 15) is 45.9 Å². The lowest BCUT2D eigenvalue weighted by Gasteiger charge is -2.27. The maximum Gasteiger partial charge on any atom is 0.341 e. The number of carbonyl (C=O) groups excluding carboxylic acids is 4. The number of fused-ring (bicyclic) bond motifs is 11. The molecule has 0 unspecified atom stereocenters. The van der Waals surface area contributed by atoms with Gasteiger partial charge in [-0.25, -0.2) is 55.8 Å². The number of ether oxygens (including phenoxy) is 6. The largest absolute Gasteiger partial charge is 0.497 e. The summed E-state index contributed by atoms with van der Waals surface area (Å²) in [6.45, 7) is 18.2. The number of hydrogen-bond donors (Lipinski definition) is 3. The molecule has 0 spiro atoms. The van der Waals surface area contributed by atoms with Gasteiger partial charge in [0, 0.05) is 116 Å². The number of aromatic nitrogens is 10. The maximum absolute atomic E-state index is 13.6. The second kappa shape index (κ2) is 42.3. The molecule has 8 aliphatic rings. The second-order valence-corrected chi connectivity index (χ2v) is 38.1. The van der Waals surface area contributed by atoms with Gasteiger partial charge in [0.25, 0.3) is 5.91 Å². The van der Waals surface area contributed by atoms with Crippen molar-refractivity contribution >= 4 is 101 Å². The third-order valence-corrected chi connectivity index (χ3v) is 27.5. The summed E-state index contributed by atoms with van der Waals surface area (Å²) in [5.74, 6) is 0.988. The van der Waals surface area contributed by atoms with Crippen LogP contribution in [0.5, 0.6) is 11.5 Å². The Morgan fingerprint density at radius 3 is 1.45 bits per heavy atom. The lowest BCUT2D eigenvalue weighted by molar-refractivity contribution is 0.0514. The molecule has 0 atom stereocenters. The van der Waals surface area contributed by atoms with Crippen molar-refractivity contribution < 1.29 is 74.3 Å². The van der Waals surface area contributed by atoms with E-state index in [1.165, 1.54) is 110 Å². The standard InChI is InChI=1S/C40H48N4O7S.C36H39N3O6.C9H16N2.C7H6N4O.C4H11NO2S/c1-5-51-40(46)34-22-41-44(30-15-17-50-18-16-30)37(34)29-19-28-20-31(49-4)12-14-32(28)38-36(26-9-7-6-8-10-26)33-13-11-27(21-35(33)43(38)23-29)39(45)42-52(47,48)24-25(2)3;1-3-45-36(42)30-20-37-39(26-13-15-44-16-14-26)33(30)25-17-24-18-27(43-2)10-12-28(24)34-32(22-7-5-4-6-8-22)29-11-9-23(35(40)41)19-31(29)38(34)21-25;1-2-5-9-10-6-4-8-11(9)7-3-1;12-7(10-3-1-8-5-10)11-4-2-9-6-11;1-4(2)3-8(5,6)7/h11-14,19-22,25-26,30H,5-10,15-18,23-24H2,1-4H3,(H,42,45);9-12,17-20,22,26H,3-8,13-16,21H2,1-2H3,(H,40,41);1-8H2;1-6H;4H,3H2,1-2H3,(H2,5,6,7). The minimum Gasteiger partial charge on any atom is -0.497 e. The molecule has 30 nitrogen and oxygen atoms in total. The fourth-order valence-electron chi connectivity index (χ4n) is 19.1. The number of rotatable bonds is 19. The highest BCUT2D eigenvalue weighted by atomic mass is 32.2. The molecular formula is C96H120N14O16S2. The SMILES string of the molecule is C1CCC2=NCCCN2CC1.CC(C)CS(N)(=O)=O.CCOC(=O)c1cnn(C2CCOCC2)c1C1=Cc2cc(OC)ccc2-c2c(C3CCCCC3)c3ccc(C(=O)NS(=O)(=O)CC(C)C)cc3n2C1.CCOC(=O)c1cnn(C2CCOCC2)c1C1=Cc2cc(OC)ccc2-c2c(C3CCCCC3)c3ccc(C(=O)O)cc3n2C1.O=C(n1ccnc1)n1ccnc1. The summed E-state index contributed by atoms with van der Waals surface area (Å²) >= 11 is 0. The van der Waals surface area contributed by atoms with E-state index in [2.05, 4.69) is 64.1 Å². The number of aromatic carboxylic acids is 1. The number of amidine groups is 1. The third-order valence-electron chi connectivity index (χ3n) is 24.7. The zero-order chi connectivity index (χ0) is 90.3. The van der Waals surface area contributed by atoms with Crippen LogP contribution in [0.3, 0.4) is 0 Å². The number of sulfonamides is 2. The number of allylic oxidation sites excluding steroid dienone is 2. The van der Waals surface area contributed by atoms with Crippen molar-refractivity contribution in [1.82, 2.24) is 57.4 Å². The van der Waals surface area contributed by atoms with Crippen LogP contribution in [0.25, 0.3) is 67.6 Å². The van der Waals surface area contributed by atoms with Crippen LogP contribution in [-0.2, 0) is 52.1 Å². The first kappa shape index (κ1) is 92.8. The molecule has 2 saturated carbocycles. The molecule has 3 saturated heterocycles. The van der Waals surface area contributed by atoms with Crippen molar-refractivity contribution in [1.29, 1.82) is 0 Å². The molecule has 10 aromatic rings. The molecule has 12 heterocycles. The van der Waals surface area contributed by atoms with Gasteiger partial charge in [-0.1, -0.05) is 84.8 Å². The third kappa shape index (κ3) is 21.8. The molecule has 6 aliphatic heterocycles. The number of amides is 1. The Morgan fingerprint density at radius 2 is 1.02 bits per heavy atom. The lowest BCUT2D eigenvalue weighted by atomic mass is 9.81.